The average molecular weight is 823 g/mol. The maximum absolute atomic E-state index is 6.13. The Hall–Kier alpha value is -7.05. The second-order valence-electron chi connectivity index (χ2n) is 16.4. The van der Waals surface area contributed by atoms with Crippen LogP contribution in [0.25, 0.3) is 0 Å². The van der Waals surface area contributed by atoms with Crippen molar-refractivity contribution < 1.29 is 4.58 Å². The van der Waals surface area contributed by atoms with Gasteiger partial charge < -0.3 is 10.6 Å². The van der Waals surface area contributed by atoms with Crippen LogP contribution in [0.3, 0.4) is 0 Å². The van der Waals surface area contributed by atoms with Crippen molar-refractivity contribution in [3.8, 4) is 118 Å². The lowest BCUT2D eigenvalue weighted by Gasteiger charge is -2.25. The van der Waals surface area contributed by atoms with Crippen molar-refractivity contribution in [1.29, 1.82) is 0 Å². The van der Waals surface area contributed by atoms with E-state index in [9.17, 15) is 0 Å². The number of nitrogens with two attached hydrogens (primary N) is 1. The van der Waals surface area contributed by atoms with Crippen molar-refractivity contribution in [3.05, 3.63) is 83.1 Å². The third-order valence-corrected chi connectivity index (χ3v) is 11.2. The molecule has 2 aliphatic rings. The molecule has 3 nitrogen and oxygen atoms in total. The topological polar surface area (TPSA) is 32.3 Å². The molecule has 0 atom stereocenters. The highest BCUT2D eigenvalue weighted by molar-refractivity contribution is 6.03. The van der Waals surface area contributed by atoms with E-state index in [0.717, 1.165) is 6.54 Å². The molecule has 0 saturated heterocycles. The molecule has 2 N–H and O–H groups in total. The largest absolute Gasteiger partial charge is 0.332 e. The molecule has 63 heavy (non-hydrogen) atoms. The average Bonchev–Trinajstić information content (AvgIpc) is 3.63. The molecule has 0 aliphatic carbocycles. The Balaban J connectivity index is 1.44. The van der Waals surface area contributed by atoms with Gasteiger partial charge in [-0.05, 0) is 151 Å². The minimum atomic E-state index is -0.210. The van der Waals surface area contributed by atoms with E-state index in [-0.39, 0.29) is 10.8 Å². The maximum atomic E-state index is 6.13. The van der Waals surface area contributed by atoms with Crippen LogP contribution in [0, 0.1) is 118 Å². The zero-order valence-corrected chi connectivity index (χ0v) is 38.4. The van der Waals surface area contributed by atoms with Crippen molar-refractivity contribution in [2.75, 3.05) is 18.0 Å². The van der Waals surface area contributed by atoms with E-state index in [1.165, 1.54) is 117 Å². The number of benzene rings is 2. The Morgan fingerprint density at radius 2 is 1.10 bits per heavy atom. The lowest BCUT2D eigenvalue weighted by Crippen LogP contribution is -2.28. The summed E-state index contributed by atoms with van der Waals surface area (Å²) >= 11 is 0. The van der Waals surface area contributed by atoms with Gasteiger partial charge in [0.25, 0.3) is 0 Å². The first-order valence-electron chi connectivity index (χ1n) is 22.4. The summed E-state index contributed by atoms with van der Waals surface area (Å²) in [5.41, 5.74) is 14.6. The molecule has 0 bridgehead atoms. The first-order valence-corrected chi connectivity index (χ1v) is 22.4. The smallest absolute Gasteiger partial charge is 0.209 e. The summed E-state index contributed by atoms with van der Waals surface area (Å²) < 4.78 is 2.56. The number of anilines is 1. The lowest BCUT2D eigenvalue weighted by atomic mass is 9.80. The van der Waals surface area contributed by atoms with E-state index in [0.29, 0.717) is 13.1 Å². The number of nitrogens with zero attached hydrogens (tertiary/aromatic N) is 2. The van der Waals surface area contributed by atoms with E-state index < -0.39 is 0 Å². The van der Waals surface area contributed by atoms with E-state index >= 15 is 0 Å². The van der Waals surface area contributed by atoms with Crippen LogP contribution in [-0.2, 0) is 17.4 Å². The van der Waals surface area contributed by atoms with Crippen LogP contribution in [0.15, 0.2) is 66.4 Å². The molecular formula is C60H60N3+. The number of hydrogen-bond acceptors (Lipinski definition) is 2. The fourth-order valence-corrected chi connectivity index (χ4v) is 7.97. The van der Waals surface area contributed by atoms with Crippen molar-refractivity contribution in [2.24, 2.45) is 5.73 Å². The first kappa shape index (κ1) is 48.6. The minimum Gasteiger partial charge on any atom is -0.332 e. The number of allylic oxidation sites excluding steroid dienone is 4. The van der Waals surface area contributed by atoms with Crippen molar-refractivity contribution in [3.63, 3.8) is 0 Å². The highest BCUT2D eigenvalue weighted by Gasteiger charge is 2.44. The molecule has 3 heteroatoms. The van der Waals surface area contributed by atoms with Gasteiger partial charge in [-0.2, -0.15) is 4.58 Å². The summed E-state index contributed by atoms with van der Waals surface area (Å²) in [6.07, 6.45) is 23.0. The fourth-order valence-electron chi connectivity index (χ4n) is 7.97. The third kappa shape index (κ3) is 15.1. The second-order valence-corrected chi connectivity index (χ2v) is 16.4. The van der Waals surface area contributed by atoms with Gasteiger partial charge in [-0.25, -0.2) is 0 Å². The monoisotopic (exact) mass is 822 g/mol. The van der Waals surface area contributed by atoms with Gasteiger partial charge in [0.05, 0.1) is 12.0 Å². The predicted octanol–water partition coefficient (Wildman–Crippen LogP) is 10.5. The van der Waals surface area contributed by atoms with E-state index in [4.69, 9.17) is 5.73 Å². The second kappa shape index (κ2) is 27.0. The number of para-hydroxylation sites is 1. The molecule has 0 amide bonds. The van der Waals surface area contributed by atoms with Crippen LogP contribution in [0.4, 0.5) is 11.4 Å². The summed E-state index contributed by atoms with van der Waals surface area (Å²) in [5.74, 6) is 53.6. The van der Waals surface area contributed by atoms with Crippen LogP contribution in [-0.4, -0.2) is 23.4 Å². The molecule has 0 aromatic heterocycles. The lowest BCUT2D eigenvalue weighted by molar-refractivity contribution is -0.438. The van der Waals surface area contributed by atoms with Gasteiger partial charge in [0.1, 0.15) is 6.54 Å². The minimum absolute atomic E-state index is 0.159. The van der Waals surface area contributed by atoms with Crippen LogP contribution in [0.5, 0.6) is 0 Å². The fraction of sp³-hybridized carbons (Fsp3) is 0.383. The molecule has 314 valence electrons. The SMILES string of the molecule is CC#CC#CC#CC#CC#CC#CC#CC#CC#CC#CCN1/C(=C/C=C/C2=[N+](CCCCCCCCCCCCCC)c3ccc(CN)cc3C2(C)C)C(C)(C)c2ccccc21. The van der Waals surface area contributed by atoms with Crippen molar-refractivity contribution in [2.45, 2.75) is 136 Å². The quantitative estimate of drug-likeness (QED) is 0.0979. The van der Waals surface area contributed by atoms with Crippen molar-refractivity contribution in [1.82, 2.24) is 0 Å². The maximum Gasteiger partial charge on any atom is 0.209 e. The molecule has 2 aliphatic heterocycles. The molecule has 0 radical (unpaired) electrons. The first-order chi connectivity index (χ1) is 30.8. The summed E-state index contributed by atoms with van der Waals surface area (Å²) in [6.45, 7) is 15.3. The Bertz CT molecular complexity index is 2700. The molecule has 2 heterocycles. The summed E-state index contributed by atoms with van der Waals surface area (Å²) in [4.78, 5) is 2.31. The Morgan fingerprint density at radius 1 is 0.587 bits per heavy atom. The molecule has 0 saturated carbocycles. The highest BCUT2D eigenvalue weighted by Crippen LogP contribution is 2.47. The van der Waals surface area contributed by atoms with Gasteiger partial charge in [0.15, 0.2) is 5.71 Å². The van der Waals surface area contributed by atoms with Crippen LogP contribution in [0.1, 0.15) is 135 Å². The third-order valence-electron chi connectivity index (χ3n) is 11.2. The van der Waals surface area contributed by atoms with Gasteiger partial charge in [-0.3, -0.25) is 0 Å². The van der Waals surface area contributed by atoms with Gasteiger partial charge in [0, 0.05) is 59.3 Å². The normalized spacial score (nSPS) is 13.4. The van der Waals surface area contributed by atoms with Gasteiger partial charge >= 0.3 is 0 Å². The van der Waals surface area contributed by atoms with E-state index in [1.807, 2.05) is 0 Å². The van der Waals surface area contributed by atoms with Gasteiger partial charge in [-0.15, -0.1) is 0 Å². The molecule has 2 aromatic rings. The Labute approximate surface area is 381 Å². The van der Waals surface area contributed by atoms with Crippen LogP contribution >= 0.6 is 0 Å². The molecule has 4 rings (SSSR count). The number of unbranched alkanes of at least 4 members (excludes halogenated alkanes) is 11. The number of fused-ring (bicyclic) bond motifs is 2. The molecule has 2 aromatic carbocycles. The summed E-state index contributed by atoms with van der Waals surface area (Å²) in [6, 6.07) is 15.4. The zero-order chi connectivity index (χ0) is 45.0. The molecule has 0 fully saturated rings. The standard InChI is InChI=1S/C60H60N3/c1-7-9-11-13-15-17-19-21-22-23-24-25-26-27-28-30-32-33-35-39-48-62-55-43-38-37-42-53(55)59(3,4)57(62)44-41-45-58-60(5,6)54-50-52(51-61)46-47-56(54)63(58)49-40-36-34-31-29-20-18-16-14-12-10-8-2/h37-38,41-47,50H,8,10,12,14,16,18,20,29,31,34,36,40,48-49,51,61H2,1-6H3/q+1. The van der Waals surface area contributed by atoms with Gasteiger partial charge in [0.2, 0.25) is 5.69 Å². The highest BCUT2D eigenvalue weighted by atomic mass is 15.2. The Morgan fingerprint density at radius 3 is 1.63 bits per heavy atom. The number of rotatable bonds is 17. The van der Waals surface area contributed by atoms with E-state index in [2.05, 4.69) is 223 Å². The summed E-state index contributed by atoms with van der Waals surface area (Å²) in [5, 5.41) is 0. The van der Waals surface area contributed by atoms with Crippen molar-refractivity contribution >= 4 is 17.1 Å². The van der Waals surface area contributed by atoms with Crippen LogP contribution in [0.2, 0.25) is 0 Å². The molecular weight excluding hydrogens is 763 g/mol. The van der Waals surface area contributed by atoms with E-state index in [1.54, 1.807) is 6.92 Å². The zero-order valence-electron chi connectivity index (χ0n) is 38.4. The van der Waals surface area contributed by atoms with Gasteiger partial charge in [-0.1, -0.05) is 127 Å². The molecule has 0 spiro atoms. The predicted molar refractivity (Wildman–Crippen MR) is 266 cm³/mol. The Kier molecular flexibility index (Phi) is 20.8. The van der Waals surface area contributed by atoms with Crippen LogP contribution < -0.4 is 10.6 Å². The number of hydrogen-bond donors (Lipinski definition) is 1. The molecule has 0 unspecified atom stereocenters. The summed E-state index contributed by atoms with van der Waals surface area (Å²) in [7, 11) is 0.